The summed E-state index contributed by atoms with van der Waals surface area (Å²) in [7, 11) is 0. The van der Waals surface area contributed by atoms with Gasteiger partial charge in [-0.2, -0.15) is 4.98 Å². The number of rotatable bonds is 5. The number of aliphatic imine (C=N–C) groups is 1. The van der Waals surface area contributed by atoms with Crippen LogP contribution in [-0.4, -0.2) is 27.6 Å². The highest BCUT2D eigenvalue weighted by molar-refractivity contribution is 5.93. The number of nitrogens with zero attached hydrogens (tertiary/aromatic N) is 4. The molecule has 3 N–H and O–H groups in total. The van der Waals surface area contributed by atoms with Crippen molar-refractivity contribution in [2.75, 3.05) is 11.9 Å². The maximum Gasteiger partial charge on any atom is 0.276 e. The zero-order valence-electron chi connectivity index (χ0n) is 15.1. The maximum atomic E-state index is 6.06. The van der Waals surface area contributed by atoms with Crippen LogP contribution in [0.15, 0.2) is 52.1 Å². The standard InChI is InChI=1S/C20H22N6O/c21-20(24-16-10-5-7-14-6-1-2-8-15(14)16)23-13-11-18-25-19(27-26-18)17-9-3-4-12-22-17/h3-5,7,9-10,12H,1-2,6,8,11,13H2,(H3,21,23,24). The molecule has 2 heterocycles. The molecule has 3 aromatic rings. The molecule has 7 nitrogen and oxygen atoms in total. The number of hydrogen-bond acceptors (Lipinski definition) is 5. The lowest BCUT2D eigenvalue weighted by Crippen LogP contribution is -2.24. The zero-order chi connectivity index (χ0) is 18.5. The lowest BCUT2D eigenvalue weighted by molar-refractivity contribution is 0.421. The van der Waals surface area contributed by atoms with E-state index in [1.54, 1.807) is 6.20 Å². The third-order valence-electron chi connectivity index (χ3n) is 4.63. The minimum Gasteiger partial charge on any atom is -0.370 e. The molecule has 0 unspecified atom stereocenters. The predicted molar refractivity (Wildman–Crippen MR) is 104 cm³/mol. The molecule has 0 saturated carbocycles. The molecule has 0 saturated heterocycles. The molecule has 0 bridgehead atoms. The van der Waals surface area contributed by atoms with E-state index in [2.05, 4.69) is 43.6 Å². The first-order valence-electron chi connectivity index (χ1n) is 9.21. The van der Waals surface area contributed by atoms with Crippen LogP contribution in [0.25, 0.3) is 11.6 Å². The normalized spacial score (nSPS) is 14.0. The molecule has 1 aliphatic rings. The molecule has 4 rings (SSSR count). The number of aryl methyl sites for hydroxylation is 1. The average Bonchev–Trinajstić information content (AvgIpc) is 3.18. The number of pyridine rings is 1. The minimum absolute atomic E-state index is 0.405. The molecule has 7 heteroatoms. The van der Waals surface area contributed by atoms with E-state index >= 15 is 0 Å². The van der Waals surface area contributed by atoms with Gasteiger partial charge in [-0.3, -0.25) is 9.98 Å². The third-order valence-corrected chi connectivity index (χ3v) is 4.63. The summed E-state index contributed by atoms with van der Waals surface area (Å²) in [5.74, 6) is 1.41. The fourth-order valence-corrected chi connectivity index (χ4v) is 3.30. The Kier molecular flexibility index (Phi) is 5.09. The summed E-state index contributed by atoms with van der Waals surface area (Å²) >= 11 is 0. The first-order chi connectivity index (χ1) is 13.3. The van der Waals surface area contributed by atoms with Gasteiger partial charge in [0, 0.05) is 24.8 Å². The average molecular weight is 362 g/mol. The fraction of sp³-hybridized carbons (Fsp3) is 0.300. The summed E-state index contributed by atoms with van der Waals surface area (Å²) in [4.78, 5) is 12.9. The van der Waals surface area contributed by atoms with Crippen LogP contribution in [0.5, 0.6) is 0 Å². The Bertz CT molecular complexity index is 935. The van der Waals surface area contributed by atoms with E-state index in [0.717, 1.165) is 18.5 Å². The van der Waals surface area contributed by atoms with Gasteiger partial charge in [0.25, 0.3) is 5.89 Å². The highest BCUT2D eigenvalue weighted by Crippen LogP contribution is 2.27. The van der Waals surface area contributed by atoms with Crippen LogP contribution >= 0.6 is 0 Å². The highest BCUT2D eigenvalue weighted by atomic mass is 16.5. The summed E-state index contributed by atoms with van der Waals surface area (Å²) in [5.41, 5.74) is 10.6. The van der Waals surface area contributed by atoms with E-state index in [1.807, 2.05) is 18.2 Å². The second kappa shape index (κ2) is 7.99. The number of benzene rings is 1. The molecule has 0 spiro atoms. The smallest absolute Gasteiger partial charge is 0.276 e. The van der Waals surface area contributed by atoms with Gasteiger partial charge in [0.15, 0.2) is 11.8 Å². The van der Waals surface area contributed by atoms with Crippen molar-refractivity contribution in [2.45, 2.75) is 32.1 Å². The number of guanidine groups is 1. The van der Waals surface area contributed by atoms with Crippen molar-refractivity contribution in [3.63, 3.8) is 0 Å². The lowest BCUT2D eigenvalue weighted by atomic mass is 9.90. The monoisotopic (exact) mass is 362 g/mol. The number of anilines is 1. The van der Waals surface area contributed by atoms with Crippen molar-refractivity contribution in [3.8, 4) is 11.6 Å². The Labute approximate surface area is 157 Å². The number of nitrogens with one attached hydrogen (secondary N) is 1. The Morgan fingerprint density at radius 1 is 1.15 bits per heavy atom. The van der Waals surface area contributed by atoms with E-state index in [4.69, 9.17) is 10.3 Å². The molecular formula is C20H22N6O. The molecule has 0 atom stereocenters. The molecule has 2 aromatic heterocycles. The van der Waals surface area contributed by atoms with Gasteiger partial charge in [-0.15, -0.1) is 0 Å². The summed E-state index contributed by atoms with van der Waals surface area (Å²) < 4.78 is 5.25. The van der Waals surface area contributed by atoms with Gasteiger partial charge in [0.1, 0.15) is 5.69 Å². The molecular weight excluding hydrogens is 340 g/mol. The van der Waals surface area contributed by atoms with Crippen LogP contribution in [-0.2, 0) is 19.3 Å². The van der Waals surface area contributed by atoms with Crippen LogP contribution in [0, 0.1) is 0 Å². The van der Waals surface area contributed by atoms with Gasteiger partial charge in [-0.25, -0.2) is 0 Å². The fourth-order valence-electron chi connectivity index (χ4n) is 3.30. The molecule has 0 fully saturated rings. The van der Waals surface area contributed by atoms with Gasteiger partial charge >= 0.3 is 0 Å². The van der Waals surface area contributed by atoms with Crippen molar-refractivity contribution in [1.82, 2.24) is 15.1 Å². The summed E-state index contributed by atoms with van der Waals surface area (Å²) in [6.07, 6.45) is 6.94. The summed E-state index contributed by atoms with van der Waals surface area (Å²) in [6, 6.07) is 11.9. The van der Waals surface area contributed by atoms with Crippen molar-refractivity contribution in [1.29, 1.82) is 0 Å². The Balaban J connectivity index is 1.36. The third kappa shape index (κ3) is 4.13. The number of aromatic nitrogens is 3. The molecule has 1 aliphatic carbocycles. The quantitative estimate of drug-likeness (QED) is 0.534. The topological polar surface area (TPSA) is 102 Å². The predicted octanol–water partition coefficient (Wildman–Crippen LogP) is 2.98. The largest absolute Gasteiger partial charge is 0.370 e. The number of fused-ring (bicyclic) bond motifs is 1. The first-order valence-corrected chi connectivity index (χ1v) is 9.21. The van der Waals surface area contributed by atoms with Gasteiger partial charge in [-0.05, 0) is 55.0 Å². The van der Waals surface area contributed by atoms with Crippen molar-refractivity contribution < 1.29 is 4.52 Å². The van der Waals surface area contributed by atoms with Crippen LogP contribution < -0.4 is 11.1 Å². The minimum atomic E-state index is 0.405. The summed E-state index contributed by atoms with van der Waals surface area (Å²) in [6.45, 7) is 0.481. The Hall–Kier alpha value is -3.22. The Morgan fingerprint density at radius 3 is 2.96 bits per heavy atom. The molecule has 0 aliphatic heterocycles. The lowest BCUT2D eigenvalue weighted by Gasteiger charge is -2.19. The van der Waals surface area contributed by atoms with E-state index in [0.29, 0.717) is 36.3 Å². The van der Waals surface area contributed by atoms with Crippen molar-refractivity contribution in [3.05, 3.63) is 59.5 Å². The second-order valence-electron chi connectivity index (χ2n) is 6.52. The van der Waals surface area contributed by atoms with Gasteiger partial charge in [-0.1, -0.05) is 23.4 Å². The molecule has 138 valence electrons. The van der Waals surface area contributed by atoms with Crippen molar-refractivity contribution >= 4 is 11.6 Å². The van der Waals surface area contributed by atoms with Crippen LogP contribution in [0.2, 0.25) is 0 Å². The SMILES string of the molecule is NC(=NCCc1noc(-c2ccccn2)n1)Nc1cccc2c1CCCC2. The van der Waals surface area contributed by atoms with E-state index in [-0.39, 0.29) is 0 Å². The summed E-state index contributed by atoms with van der Waals surface area (Å²) in [5, 5.41) is 7.22. The maximum absolute atomic E-state index is 6.06. The van der Waals surface area contributed by atoms with Crippen LogP contribution in [0.1, 0.15) is 29.8 Å². The molecule has 1 aromatic carbocycles. The van der Waals surface area contributed by atoms with Crippen molar-refractivity contribution in [2.24, 2.45) is 10.7 Å². The van der Waals surface area contributed by atoms with Crippen LogP contribution in [0.3, 0.4) is 0 Å². The van der Waals surface area contributed by atoms with Gasteiger partial charge in [0.2, 0.25) is 0 Å². The van der Waals surface area contributed by atoms with E-state index in [1.165, 1.54) is 24.0 Å². The number of hydrogen-bond donors (Lipinski definition) is 2. The number of nitrogens with two attached hydrogens (primary N) is 1. The Morgan fingerprint density at radius 2 is 2.07 bits per heavy atom. The molecule has 0 amide bonds. The molecule has 0 radical (unpaired) electrons. The second-order valence-corrected chi connectivity index (χ2v) is 6.52. The van der Waals surface area contributed by atoms with E-state index in [9.17, 15) is 0 Å². The highest BCUT2D eigenvalue weighted by Gasteiger charge is 2.13. The van der Waals surface area contributed by atoms with Crippen LogP contribution in [0.4, 0.5) is 5.69 Å². The first kappa shape index (κ1) is 17.2. The zero-order valence-corrected chi connectivity index (χ0v) is 15.1. The van der Waals surface area contributed by atoms with Gasteiger partial charge < -0.3 is 15.6 Å². The van der Waals surface area contributed by atoms with E-state index < -0.39 is 0 Å². The van der Waals surface area contributed by atoms with Gasteiger partial charge in [0.05, 0.1) is 0 Å². The molecule has 27 heavy (non-hydrogen) atoms.